The molecule has 0 aromatic carbocycles. The van der Waals surface area contributed by atoms with Gasteiger partial charge in [-0.15, -0.1) is 0 Å². The summed E-state index contributed by atoms with van der Waals surface area (Å²) in [6, 6.07) is 1.31. The Bertz CT molecular complexity index is 167. The Morgan fingerprint density at radius 3 is 2.50 bits per heavy atom. The molecular formula is C10H20N2. The van der Waals surface area contributed by atoms with E-state index in [2.05, 4.69) is 18.7 Å². The Morgan fingerprint density at radius 1 is 1.33 bits per heavy atom. The first-order chi connectivity index (χ1) is 5.68. The molecule has 2 rings (SSSR count). The van der Waals surface area contributed by atoms with Gasteiger partial charge in [0, 0.05) is 25.2 Å². The summed E-state index contributed by atoms with van der Waals surface area (Å²) in [5.74, 6) is 1.84. The van der Waals surface area contributed by atoms with Gasteiger partial charge in [-0.2, -0.15) is 0 Å². The van der Waals surface area contributed by atoms with Gasteiger partial charge in [0.15, 0.2) is 0 Å². The fourth-order valence-electron chi connectivity index (χ4n) is 2.59. The molecule has 0 amide bonds. The summed E-state index contributed by atoms with van der Waals surface area (Å²) in [4.78, 5) is 2.59. The van der Waals surface area contributed by atoms with Crippen molar-refractivity contribution in [2.24, 2.45) is 17.6 Å². The van der Waals surface area contributed by atoms with Gasteiger partial charge in [0.25, 0.3) is 0 Å². The zero-order valence-electron chi connectivity index (χ0n) is 8.16. The fourth-order valence-corrected chi connectivity index (χ4v) is 2.59. The Labute approximate surface area is 75.1 Å². The molecule has 4 atom stereocenters. The summed E-state index contributed by atoms with van der Waals surface area (Å²) in [5, 5.41) is 0. The van der Waals surface area contributed by atoms with Crippen molar-refractivity contribution in [2.45, 2.75) is 38.8 Å². The molecule has 1 aliphatic heterocycles. The van der Waals surface area contributed by atoms with E-state index in [1.165, 1.54) is 19.4 Å². The van der Waals surface area contributed by atoms with Gasteiger partial charge in [-0.1, -0.05) is 13.8 Å². The van der Waals surface area contributed by atoms with Gasteiger partial charge in [0.2, 0.25) is 0 Å². The quantitative estimate of drug-likeness (QED) is 0.634. The monoisotopic (exact) mass is 168 g/mol. The van der Waals surface area contributed by atoms with Crippen molar-refractivity contribution in [1.82, 2.24) is 4.90 Å². The molecule has 0 radical (unpaired) electrons. The molecule has 2 aliphatic rings. The molecule has 0 bridgehead atoms. The molecule has 4 unspecified atom stereocenters. The molecule has 2 fully saturated rings. The summed E-state index contributed by atoms with van der Waals surface area (Å²) in [6.45, 7) is 7.12. The first-order valence-electron chi connectivity index (χ1n) is 5.18. The van der Waals surface area contributed by atoms with Crippen LogP contribution in [0.25, 0.3) is 0 Å². The second-order valence-electron chi connectivity index (χ2n) is 4.68. The summed E-state index contributed by atoms with van der Waals surface area (Å²) < 4.78 is 0. The predicted octanol–water partition coefficient (Wildman–Crippen LogP) is 1.06. The third-order valence-electron chi connectivity index (χ3n) is 3.84. The lowest BCUT2D eigenvalue weighted by Gasteiger charge is -2.46. The second kappa shape index (κ2) is 3.00. The van der Waals surface area contributed by atoms with Crippen LogP contribution in [0, 0.1) is 11.8 Å². The summed E-state index contributed by atoms with van der Waals surface area (Å²) in [7, 11) is 0. The zero-order valence-corrected chi connectivity index (χ0v) is 8.16. The van der Waals surface area contributed by atoms with Gasteiger partial charge in [-0.3, -0.25) is 4.90 Å². The molecule has 2 nitrogen and oxygen atoms in total. The highest BCUT2D eigenvalue weighted by molar-refractivity contribution is 4.94. The molecule has 1 saturated heterocycles. The minimum absolute atomic E-state index is 0.452. The van der Waals surface area contributed by atoms with Crippen LogP contribution in [0.3, 0.4) is 0 Å². The Balaban J connectivity index is 1.87. The lowest BCUT2D eigenvalue weighted by Crippen LogP contribution is -2.50. The van der Waals surface area contributed by atoms with Gasteiger partial charge in [-0.05, 0) is 24.7 Å². The molecular weight excluding hydrogens is 148 g/mol. The van der Waals surface area contributed by atoms with Gasteiger partial charge >= 0.3 is 0 Å². The van der Waals surface area contributed by atoms with Crippen molar-refractivity contribution >= 4 is 0 Å². The number of hydrogen-bond acceptors (Lipinski definition) is 2. The van der Waals surface area contributed by atoms with Crippen LogP contribution in [0.1, 0.15) is 26.7 Å². The minimum Gasteiger partial charge on any atom is -0.326 e. The van der Waals surface area contributed by atoms with Crippen LogP contribution in [0.5, 0.6) is 0 Å². The standard InChI is InChI=1S/C10H20N2/c1-7-5-10(8(7)2)12-4-3-9(11)6-12/h7-10H,3-6,11H2,1-2H3. The van der Waals surface area contributed by atoms with E-state index in [0.717, 1.165) is 24.4 Å². The van der Waals surface area contributed by atoms with Crippen molar-refractivity contribution in [3.63, 3.8) is 0 Å². The van der Waals surface area contributed by atoms with Crippen LogP contribution in [-0.2, 0) is 0 Å². The number of nitrogens with zero attached hydrogens (tertiary/aromatic N) is 1. The van der Waals surface area contributed by atoms with E-state index in [1.807, 2.05) is 0 Å². The minimum atomic E-state index is 0.452. The van der Waals surface area contributed by atoms with Crippen LogP contribution in [-0.4, -0.2) is 30.1 Å². The lowest BCUT2D eigenvalue weighted by molar-refractivity contribution is 0.0381. The van der Waals surface area contributed by atoms with Crippen molar-refractivity contribution < 1.29 is 0 Å². The number of likely N-dealkylation sites (tertiary alicyclic amines) is 1. The van der Waals surface area contributed by atoms with E-state index in [1.54, 1.807) is 0 Å². The number of hydrogen-bond donors (Lipinski definition) is 1. The van der Waals surface area contributed by atoms with E-state index in [-0.39, 0.29) is 0 Å². The summed E-state index contributed by atoms with van der Waals surface area (Å²) in [5.41, 5.74) is 5.88. The highest BCUT2D eigenvalue weighted by Crippen LogP contribution is 2.38. The van der Waals surface area contributed by atoms with E-state index >= 15 is 0 Å². The zero-order chi connectivity index (χ0) is 8.72. The van der Waals surface area contributed by atoms with Crippen LogP contribution in [0.2, 0.25) is 0 Å². The Kier molecular flexibility index (Phi) is 2.13. The maximum atomic E-state index is 5.88. The highest BCUT2D eigenvalue weighted by Gasteiger charge is 2.40. The Hall–Kier alpha value is -0.0800. The van der Waals surface area contributed by atoms with Crippen LogP contribution >= 0.6 is 0 Å². The third kappa shape index (κ3) is 1.27. The molecule has 0 aromatic rings. The van der Waals surface area contributed by atoms with E-state index < -0.39 is 0 Å². The van der Waals surface area contributed by atoms with E-state index in [0.29, 0.717) is 6.04 Å². The number of rotatable bonds is 1. The predicted molar refractivity (Wildman–Crippen MR) is 50.9 cm³/mol. The normalized spacial score (nSPS) is 49.2. The topological polar surface area (TPSA) is 29.3 Å². The van der Waals surface area contributed by atoms with Crippen molar-refractivity contribution in [1.29, 1.82) is 0 Å². The molecule has 12 heavy (non-hydrogen) atoms. The van der Waals surface area contributed by atoms with Gasteiger partial charge < -0.3 is 5.73 Å². The van der Waals surface area contributed by atoms with Crippen LogP contribution in [0.15, 0.2) is 0 Å². The van der Waals surface area contributed by atoms with Gasteiger partial charge in [-0.25, -0.2) is 0 Å². The van der Waals surface area contributed by atoms with Crippen molar-refractivity contribution in [3.8, 4) is 0 Å². The van der Waals surface area contributed by atoms with Crippen molar-refractivity contribution in [3.05, 3.63) is 0 Å². The first-order valence-corrected chi connectivity index (χ1v) is 5.18. The van der Waals surface area contributed by atoms with E-state index in [9.17, 15) is 0 Å². The Morgan fingerprint density at radius 2 is 2.08 bits per heavy atom. The SMILES string of the molecule is CC1CC(N2CCC(N)C2)C1C. The second-order valence-corrected chi connectivity index (χ2v) is 4.68. The van der Waals surface area contributed by atoms with Crippen molar-refractivity contribution in [2.75, 3.05) is 13.1 Å². The highest BCUT2D eigenvalue weighted by atomic mass is 15.2. The third-order valence-corrected chi connectivity index (χ3v) is 3.84. The average Bonchev–Trinajstić information content (AvgIpc) is 2.46. The van der Waals surface area contributed by atoms with Gasteiger partial charge in [0.05, 0.1) is 0 Å². The largest absolute Gasteiger partial charge is 0.326 e. The lowest BCUT2D eigenvalue weighted by atomic mass is 9.71. The fraction of sp³-hybridized carbons (Fsp3) is 1.00. The maximum absolute atomic E-state index is 5.88. The maximum Gasteiger partial charge on any atom is 0.0180 e. The molecule has 0 aromatic heterocycles. The number of nitrogens with two attached hydrogens (primary N) is 1. The molecule has 2 heteroatoms. The molecule has 1 saturated carbocycles. The summed E-state index contributed by atoms with van der Waals surface area (Å²) >= 11 is 0. The van der Waals surface area contributed by atoms with E-state index in [4.69, 9.17) is 5.73 Å². The molecule has 1 heterocycles. The average molecular weight is 168 g/mol. The molecule has 1 aliphatic carbocycles. The summed E-state index contributed by atoms with van der Waals surface area (Å²) in [6.07, 6.45) is 2.60. The van der Waals surface area contributed by atoms with Gasteiger partial charge in [0.1, 0.15) is 0 Å². The molecule has 2 N–H and O–H groups in total. The van der Waals surface area contributed by atoms with Crippen LogP contribution in [0.4, 0.5) is 0 Å². The smallest absolute Gasteiger partial charge is 0.0180 e. The molecule has 0 spiro atoms. The molecule has 70 valence electrons. The first kappa shape index (κ1) is 8.52. The van der Waals surface area contributed by atoms with Crippen LogP contribution < -0.4 is 5.73 Å².